The second-order valence-electron chi connectivity index (χ2n) is 6.82. The zero-order valence-corrected chi connectivity index (χ0v) is 16.0. The molecule has 1 aromatic heterocycles. The molecule has 3 aromatic rings. The number of hydrogen-bond donors (Lipinski definition) is 0. The highest BCUT2D eigenvalue weighted by Crippen LogP contribution is 2.28. The van der Waals surface area contributed by atoms with Crippen LogP contribution >= 0.6 is 0 Å². The third kappa shape index (κ3) is 4.03. The molecular formula is C22H23NO4. The van der Waals surface area contributed by atoms with Gasteiger partial charge in [0.15, 0.2) is 0 Å². The van der Waals surface area contributed by atoms with E-state index in [2.05, 4.69) is 4.98 Å². The van der Waals surface area contributed by atoms with Crippen molar-refractivity contribution < 1.29 is 18.7 Å². The van der Waals surface area contributed by atoms with Gasteiger partial charge in [0.25, 0.3) is 0 Å². The molecule has 0 spiro atoms. The zero-order valence-electron chi connectivity index (χ0n) is 16.0. The van der Waals surface area contributed by atoms with Crippen LogP contribution in [-0.2, 0) is 21.6 Å². The number of oxazole rings is 1. The Hall–Kier alpha value is -3.08. The summed E-state index contributed by atoms with van der Waals surface area (Å²) in [6, 6.07) is 17.2. The lowest BCUT2D eigenvalue weighted by Crippen LogP contribution is -2.30. The van der Waals surface area contributed by atoms with E-state index in [1.54, 1.807) is 0 Å². The Morgan fingerprint density at radius 3 is 2.56 bits per heavy atom. The third-order valence-corrected chi connectivity index (χ3v) is 4.54. The topological polar surface area (TPSA) is 61.6 Å². The zero-order chi connectivity index (χ0) is 19.4. The maximum atomic E-state index is 12.0. The number of carbonyl (C=O) groups excluding carboxylic acids is 1. The van der Waals surface area contributed by atoms with E-state index in [4.69, 9.17) is 13.9 Å². The van der Waals surface area contributed by atoms with Gasteiger partial charge >= 0.3 is 5.97 Å². The van der Waals surface area contributed by atoms with E-state index < -0.39 is 5.41 Å². The van der Waals surface area contributed by atoms with Crippen molar-refractivity contribution in [2.75, 3.05) is 7.11 Å². The highest BCUT2D eigenvalue weighted by Gasteiger charge is 2.31. The lowest BCUT2D eigenvalue weighted by molar-refractivity contribution is -0.146. The number of esters is 1. The number of nitrogens with zero attached hydrogens (tertiary/aromatic N) is 1. The maximum absolute atomic E-state index is 12.0. The monoisotopic (exact) mass is 365 g/mol. The quantitative estimate of drug-likeness (QED) is 0.594. The van der Waals surface area contributed by atoms with Crippen molar-refractivity contribution in [1.29, 1.82) is 0 Å². The predicted octanol–water partition coefficient (Wildman–Crippen LogP) is 4.68. The van der Waals surface area contributed by atoms with Gasteiger partial charge in [-0.2, -0.15) is 0 Å². The minimum absolute atomic E-state index is 0.282. The van der Waals surface area contributed by atoms with Crippen LogP contribution < -0.4 is 4.74 Å². The van der Waals surface area contributed by atoms with E-state index in [-0.39, 0.29) is 12.6 Å². The van der Waals surface area contributed by atoms with Gasteiger partial charge in [-0.3, -0.25) is 4.79 Å². The minimum Gasteiger partial charge on any atom is -0.487 e. The summed E-state index contributed by atoms with van der Waals surface area (Å²) < 4.78 is 16.6. The molecule has 0 fully saturated rings. The van der Waals surface area contributed by atoms with Crippen molar-refractivity contribution in [1.82, 2.24) is 4.98 Å². The number of aryl methyl sites for hydroxylation is 1. The summed E-state index contributed by atoms with van der Waals surface area (Å²) in [5.41, 5.74) is 1.74. The van der Waals surface area contributed by atoms with Gasteiger partial charge in [-0.25, -0.2) is 4.98 Å². The van der Waals surface area contributed by atoms with Crippen LogP contribution in [0.25, 0.3) is 11.5 Å². The van der Waals surface area contributed by atoms with Crippen LogP contribution in [0.1, 0.15) is 30.9 Å². The van der Waals surface area contributed by atoms with Crippen molar-refractivity contribution >= 4 is 5.97 Å². The Bertz CT molecular complexity index is 928. The molecule has 0 aliphatic heterocycles. The summed E-state index contributed by atoms with van der Waals surface area (Å²) in [6.45, 7) is 5.80. The van der Waals surface area contributed by atoms with Crippen LogP contribution in [0.2, 0.25) is 0 Å². The van der Waals surface area contributed by atoms with Gasteiger partial charge in [0.1, 0.15) is 23.8 Å². The number of hydrogen-bond acceptors (Lipinski definition) is 5. The Labute approximate surface area is 159 Å². The van der Waals surface area contributed by atoms with Gasteiger partial charge < -0.3 is 13.9 Å². The van der Waals surface area contributed by atoms with Crippen LogP contribution in [0.15, 0.2) is 59.0 Å². The second-order valence-corrected chi connectivity index (χ2v) is 6.82. The van der Waals surface area contributed by atoms with Crippen LogP contribution in [0.4, 0.5) is 0 Å². The van der Waals surface area contributed by atoms with Crippen molar-refractivity contribution in [2.45, 2.75) is 32.8 Å². The van der Waals surface area contributed by atoms with Crippen molar-refractivity contribution in [3.63, 3.8) is 0 Å². The first-order valence-corrected chi connectivity index (χ1v) is 8.75. The maximum Gasteiger partial charge on any atom is 0.315 e. The molecule has 0 N–H and O–H groups in total. The molecule has 27 heavy (non-hydrogen) atoms. The molecule has 5 heteroatoms. The van der Waals surface area contributed by atoms with Gasteiger partial charge in [0.05, 0.1) is 12.5 Å². The Morgan fingerprint density at radius 1 is 1.11 bits per heavy atom. The smallest absolute Gasteiger partial charge is 0.315 e. The lowest BCUT2D eigenvalue weighted by Gasteiger charge is -2.22. The van der Waals surface area contributed by atoms with Gasteiger partial charge in [-0.15, -0.1) is 0 Å². The molecule has 0 saturated heterocycles. The van der Waals surface area contributed by atoms with E-state index in [1.807, 2.05) is 75.4 Å². The fraction of sp³-hybridized carbons (Fsp3) is 0.273. The molecule has 0 unspecified atom stereocenters. The van der Waals surface area contributed by atoms with Crippen molar-refractivity contribution in [2.24, 2.45) is 0 Å². The van der Waals surface area contributed by atoms with Gasteiger partial charge in [-0.05, 0) is 50.6 Å². The molecule has 0 aliphatic rings. The summed E-state index contributed by atoms with van der Waals surface area (Å²) in [7, 11) is 1.39. The van der Waals surface area contributed by atoms with E-state index in [1.165, 1.54) is 7.11 Å². The molecule has 2 aromatic carbocycles. The van der Waals surface area contributed by atoms with Gasteiger partial charge in [-0.1, -0.05) is 30.3 Å². The number of carbonyl (C=O) groups is 1. The molecule has 5 nitrogen and oxygen atoms in total. The van der Waals surface area contributed by atoms with Crippen LogP contribution in [0.3, 0.4) is 0 Å². The van der Waals surface area contributed by atoms with Crippen molar-refractivity contribution in [3.8, 4) is 17.2 Å². The second kappa shape index (κ2) is 7.66. The molecule has 0 atom stereocenters. The molecule has 0 radical (unpaired) electrons. The molecule has 0 amide bonds. The number of methoxy groups -OCH3 is 1. The fourth-order valence-electron chi connectivity index (χ4n) is 2.77. The first-order valence-electron chi connectivity index (χ1n) is 8.75. The molecule has 0 bridgehead atoms. The average molecular weight is 365 g/mol. The molecule has 1 heterocycles. The van der Waals surface area contributed by atoms with Gasteiger partial charge in [0.2, 0.25) is 5.89 Å². The van der Waals surface area contributed by atoms with E-state index in [9.17, 15) is 4.79 Å². The van der Waals surface area contributed by atoms with E-state index in [0.717, 1.165) is 22.6 Å². The highest BCUT2D eigenvalue weighted by molar-refractivity contribution is 5.82. The largest absolute Gasteiger partial charge is 0.487 e. The van der Waals surface area contributed by atoms with Crippen molar-refractivity contribution in [3.05, 3.63) is 71.6 Å². The molecule has 3 rings (SSSR count). The first kappa shape index (κ1) is 18.7. The normalized spacial score (nSPS) is 11.3. The summed E-state index contributed by atoms with van der Waals surface area (Å²) in [5, 5.41) is 0. The van der Waals surface area contributed by atoms with Crippen LogP contribution in [0.5, 0.6) is 5.75 Å². The standard InChI is InChI=1S/C22H23NO4/c1-15-19(23-20(27-15)16-9-6-5-7-10-16)14-26-18-12-8-11-17(13-18)22(2,3)21(24)25-4/h5-13H,14H2,1-4H3. The van der Waals surface area contributed by atoms with Crippen LogP contribution in [0, 0.1) is 6.92 Å². The lowest BCUT2D eigenvalue weighted by atomic mass is 9.85. The highest BCUT2D eigenvalue weighted by atomic mass is 16.5. The summed E-state index contributed by atoms with van der Waals surface area (Å²) in [6.07, 6.45) is 0. The van der Waals surface area contributed by atoms with E-state index >= 15 is 0 Å². The number of benzene rings is 2. The number of ether oxygens (including phenoxy) is 2. The first-order chi connectivity index (χ1) is 12.9. The Balaban J connectivity index is 1.75. The Morgan fingerprint density at radius 2 is 1.85 bits per heavy atom. The summed E-state index contributed by atoms with van der Waals surface area (Å²) in [4.78, 5) is 16.6. The fourth-order valence-corrected chi connectivity index (χ4v) is 2.77. The number of rotatable bonds is 6. The van der Waals surface area contributed by atoms with Crippen LogP contribution in [-0.4, -0.2) is 18.1 Å². The summed E-state index contributed by atoms with van der Waals surface area (Å²) >= 11 is 0. The predicted molar refractivity (Wildman–Crippen MR) is 102 cm³/mol. The van der Waals surface area contributed by atoms with Gasteiger partial charge in [0, 0.05) is 5.56 Å². The molecule has 0 saturated carbocycles. The Kier molecular flexibility index (Phi) is 5.31. The molecule has 0 aliphatic carbocycles. The minimum atomic E-state index is -0.752. The average Bonchev–Trinajstić information content (AvgIpc) is 3.07. The van der Waals surface area contributed by atoms with E-state index in [0.29, 0.717) is 11.6 Å². The SMILES string of the molecule is COC(=O)C(C)(C)c1cccc(OCc2nc(-c3ccccc3)oc2C)c1. The molecule has 140 valence electrons. The third-order valence-electron chi connectivity index (χ3n) is 4.54. The summed E-state index contributed by atoms with van der Waals surface area (Å²) in [5.74, 6) is 1.67. The number of aromatic nitrogens is 1. The molecular weight excluding hydrogens is 342 g/mol.